The summed E-state index contributed by atoms with van der Waals surface area (Å²) in [6.45, 7) is 5.98. The Hall–Kier alpha value is -4.17. The highest BCUT2D eigenvalue weighted by atomic mass is 19.1. The van der Waals surface area contributed by atoms with E-state index in [9.17, 15) is 9.18 Å². The third-order valence-corrected chi connectivity index (χ3v) is 6.23. The van der Waals surface area contributed by atoms with Gasteiger partial charge in [-0.3, -0.25) is 9.69 Å². The predicted molar refractivity (Wildman–Crippen MR) is 137 cm³/mol. The molecule has 0 bridgehead atoms. The maximum Gasteiger partial charge on any atom is 0.252 e. The highest BCUT2D eigenvalue weighted by Gasteiger charge is 2.16. The van der Waals surface area contributed by atoms with Crippen LogP contribution in [0.4, 0.5) is 4.39 Å². The van der Waals surface area contributed by atoms with Crippen LogP contribution in [0.5, 0.6) is 0 Å². The standard InChI is InChI=1S/C28H27FN6O/c1-19-12-20(2)27-23(13-19)14-24(28(36)30-27)17-34(15-21-6-4-3-5-7-21)18-26-31-32-33-35(26)16-22-8-10-25(29)11-9-22/h3-14H,15-18H2,1-2H3,(H,30,36). The minimum absolute atomic E-state index is 0.0987. The van der Waals surface area contributed by atoms with E-state index in [2.05, 4.69) is 56.6 Å². The molecule has 8 heteroatoms. The lowest BCUT2D eigenvalue weighted by atomic mass is 10.0. The molecule has 0 amide bonds. The Morgan fingerprint density at radius 2 is 1.69 bits per heavy atom. The van der Waals surface area contributed by atoms with Crippen molar-refractivity contribution in [1.29, 1.82) is 0 Å². The van der Waals surface area contributed by atoms with Crippen LogP contribution in [0, 0.1) is 19.7 Å². The number of rotatable bonds is 8. The zero-order valence-electron chi connectivity index (χ0n) is 20.3. The smallest absolute Gasteiger partial charge is 0.252 e. The topological polar surface area (TPSA) is 79.7 Å². The van der Waals surface area contributed by atoms with Crippen LogP contribution < -0.4 is 5.56 Å². The van der Waals surface area contributed by atoms with Crippen LogP contribution in [0.1, 0.15) is 33.6 Å². The molecule has 0 unspecified atom stereocenters. The fourth-order valence-electron chi connectivity index (χ4n) is 4.52. The van der Waals surface area contributed by atoms with E-state index in [4.69, 9.17) is 0 Å². The fraction of sp³-hybridized carbons (Fsp3) is 0.214. The summed E-state index contributed by atoms with van der Waals surface area (Å²) in [6.07, 6.45) is 0. The van der Waals surface area contributed by atoms with Gasteiger partial charge in [-0.1, -0.05) is 54.1 Å². The van der Waals surface area contributed by atoms with Crippen molar-refractivity contribution < 1.29 is 4.39 Å². The number of H-pyrrole nitrogens is 1. The van der Waals surface area contributed by atoms with Gasteiger partial charge < -0.3 is 4.98 Å². The Kier molecular flexibility index (Phi) is 6.69. The maximum absolute atomic E-state index is 13.3. The van der Waals surface area contributed by atoms with E-state index in [1.807, 2.05) is 31.2 Å². The molecule has 0 saturated carbocycles. The molecule has 2 heterocycles. The van der Waals surface area contributed by atoms with Crippen LogP contribution in [0.15, 0.2) is 77.6 Å². The van der Waals surface area contributed by atoms with Crippen LogP contribution in [0.2, 0.25) is 0 Å². The first kappa shape index (κ1) is 23.6. The number of aromatic amines is 1. The molecule has 5 rings (SSSR count). The van der Waals surface area contributed by atoms with Crippen LogP contribution in [-0.2, 0) is 26.2 Å². The van der Waals surface area contributed by atoms with Crippen molar-refractivity contribution in [2.75, 3.05) is 0 Å². The maximum atomic E-state index is 13.3. The molecule has 0 radical (unpaired) electrons. The lowest BCUT2D eigenvalue weighted by Crippen LogP contribution is -2.28. The van der Waals surface area contributed by atoms with Crippen molar-refractivity contribution in [3.8, 4) is 0 Å². The number of hydrogen-bond acceptors (Lipinski definition) is 5. The number of halogens is 1. The van der Waals surface area contributed by atoms with Gasteiger partial charge >= 0.3 is 0 Å². The van der Waals surface area contributed by atoms with Crippen molar-refractivity contribution in [2.24, 2.45) is 0 Å². The van der Waals surface area contributed by atoms with Gasteiger partial charge in [0.1, 0.15) is 5.82 Å². The molecule has 0 fully saturated rings. The molecular weight excluding hydrogens is 455 g/mol. The van der Waals surface area contributed by atoms with E-state index in [-0.39, 0.29) is 11.4 Å². The second-order valence-corrected chi connectivity index (χ2v) is 9.18. The largest absolute Gasteiger partial charge is 0.321 e. The van der Waals surface area contributed by atoms with Crippen molar-refractivity contribution in [2.45, 2.75) is 40.0 Å². The summed E-state index contributed by atoms with van der Waals surface area (Å²) in [7, 11) is 0. The first-order valence-electron chi connectivity index (χ1n) is 11.8. The van der Waals surface area contributed by atoms with E-state index in [1.54, 1.807) is 16.8 Å². The molecule has 0 aliphatic rings. The average Bonchev–Trinajstić information content (AvgIpc) is 3.28. The molecule has 7 nitrogen and oxygen atoms in total. The van der Waals surface area contributed by atoms with Crippen LogP contribution >= 0.6 is 0 Å². The van der Waals surface area contributed by atoms with Crippen LogP contribution in [0.25, 0.3) is 10.9 Å². The molecule has 1 N–H and O–H groups in total. The van der Waals surface area contributed by atoms with Crippen molar-refractivity contribution in [1.82, 2.24) is 30.1 Å². The Morgan fingerprint density at radius 3 is 2.47 bits per heavy atom. The summed E-state index contributed by atoms with van der Waals surface area (Å²) in [4.78, 5) is 18.3. The Labute approximate surface area is 208 Å². The molecule has 182 valence electrons. The summed E-state index contributed by atoms with van der Waals surface area (Å²) >= 11 is 0. The first-order valence-corrected chi connectivity index (χ1v) is 11.8. The van der Waals surface area contributed by atoms with Crippen molar-refractivity contribution >= 4 is 10.9 Å². The molecule has 0 spiro atoms. The number of nitrogens with one attached hydrogen (secondary N) is 1. The summed E-state index contributed by atoms with van der Waals surface area (Å²) in [5.74, 6) is 0.384. The van der Waals surface area contributed by atoms with Gasteiger partial charge in [0.2, 0.25) is 0 Å². The van der Waals surface area contributed by atoms with E-state index < -0.39 is 0 Å². The van der Waals surface area contributed by atoms with E-state index in [0.29, 0.717) is 37.6 Å². The number of benzene rings is 3. The molecule has 5 aromatic rings. The van der Waals surface area contributed by atoms with E-state index >= 15 is 0 Å². The van der Waals surface area contributed by atoms with Gasteiger partial charge in [0.25, 0.3) is 5.56 Å². The molecule has 36 heavy (non-hydrogen) atoms. The normalized spacial score (nSPS) is 11.4. The third-order valence-electron chi connectivity index (χ3n) is 6.23. The van der Waals surface area contributed by atoms with Crippen molar-refractivity contribution in [3.63, 3.8) is 0 Å². The van der Waals surface area contributed by atoms with Gasteiger partial charge in [-0.25, -0.2) is 9.07 Å². The first-order chi connectivity index (χ1) is 17.4. The predicted octanol–water partition coefficient (Wildman–Crippen LogP) is 4.52. The molecule has 0 saturated heterocycles. The van der Waals surface area contributed by atoms with Gasteiger partial charge in [0, 0.05) is 18.7 Å². The summed E-state index contributed by atoms with van der Waals surface area (Å²) in [6, 6.07) is 22.5. The molecule has 0 atom stereocenters. The Bertz CT molecular complexity index is 1540. The SMILES string of the molecule is Cc1cc(C)c2[nH]c(=O)c(CN(Cc3ccccc3)Cc3nnnn3Cc3ccc(F)cc3)cc2c1. The zero-order valence-corrected chi connectivity index (χ0v) is 20.3. The highest BCUT2D eigenvalue weighted by Crippen LogP contribution is 2.20. The quantitative estimate of drug-likeness (QED) is 0.352. The average molecular weight is 483 g/mol. The monoisotopic (exact) mass is 482 g/mol. The van der Waals surface area contributed by atoms with Gasteiger partial charge in [-0.15, -0.1) is 5.10 Å². The van der Waals surface area contributed by atoms with Gasteiger partial charge in [0.05, 0.1) is 18.6 Å². The van der Waals surface area contributed by atoms with Gasteiger partial charge in [-0.2, -0.15) is 0 Å². The Morgan fingerprint density at radius 1 is 0.917 bits per heavy atom. The Balaban J connectivity index is 1.45. The molecule has 0 aliphatic carbocycles. The zero-order chi connectivity index (χ0) is 25.1. The van der Waals surface area contributed by atoms with E-state index in [0.717, 1.165) is 33.2 Å². The lowest BCUT2D eigenvalue weighted by Gasteiger charge is -2.22. The number of nitrogens with zero attached hydrogens (tertiary/aromatic N) is 5. The number of aryl methyl sites for hydroxylation is 2. The minimum Gasteiger partial charge on any atom is -0.321 e. The van der Waals surface area contributed by atoms with Gasteiger partial charge in [-0.05, 0) is 70.6 Å². The minimum atomic E-state index is -0.282. The van der Waals surface area contributed by atoms with Crippen molar-refractivity contribution in [3.05, 3.63) is 123 Å². The molecular formula is C28H27FN6O. The highest BCUT2D eigenvalue weighted by molar-refractivity contribution is 5.82. The summed E-state index contributed by atoms with van der Waals surface area (Å²) in [5, 5.41) is 13.3. The second-order valence-electron chi connectivity index (χ2n) is 9.18. The van der Waals surface area contributed by atoms with E-state index in [1.165, 1.54) is 12.1 Å². The van der Waals surface area contributed by atoms with Gasteiger partial charge in [0.15, 0.2) is 5.82 Å². The summed E-state index contributed by atoms with van der Waals surface area (Å²) < 4.78 is 15.0. The third kappa shape index (κ3) is 5.39. The molecule has 2 aromatic heterocycles. The number of fused-ring (bicyclic) bond motifs is 1. The van der Waals surface area contributed by atoms with Crippen LogP contribution in [-0.4, -0.2) is 30.1 Å². The fourth-order valence-corrected chi connectivity index (χ4v) is 4.52. The lowest BCUT2D eigenvalue weighted by molar-refractivity contribution is 0.236. The molecule has 0 aliphatic heterocycles. The molecule has 3 aromatic carbocycles. The second kappa shape index (κ2) is 10.2. The summed E-state index contributed by atoms with van der Waals surface area (Å²) in [5.41, 5.74) is 5.68. The number of pyridine rings is 1. The van der Waals surface area contributed by atoms with Crippen LogP contribution in [0.3, 0.4) is 0 Å². The number of aromatic nitrogens is 5. The number of tetrazole rings is 1. The number of hydrogen-bond donors (Lipinski definition) is 1.